The maximum Gasteiger partial charge on any atom is 0.0443 e. The van der Waals surface area contributed by atoms with E-state index in [0.717, 1.165) is 18.9 Å². The highest BCUT2D eigenvalue weighted by Crippen LogP contribution is 2.21. The predicted octanol–water partition coefficient (Wildman–Crippen LogP) is 1.42. The van der Waals surface area contributed by atoms with Crippen LogP contribution >= 0.6 is 0 Å². The van der Waals surface area contributed by atoms with Gasteiger partial charge in [-0.2, -0.15) is 0 Å². The molecule has 0 spiro atoms. The fourth-order valence-corrected chi connectivity index (χ4v) is 2.49. The smallest absolute Gasteiger partial charge is 0.0443 e. The van der Waals surface area contributed by atoms with Gasteiger partial charge in [-0.15, -0.1) is 0 Å². The molecule has 0 amide bonds. The first-order chi connectivity index (χ1) is 7.72. The Labute approximate surface area is 100 Å². The molecule has 1 saturated heterocycles. The van der Waals surface area contributed by atoms with Crippen LogP contribution in [0.5, 0.6) is 0 Å². The van der Waals surface area contributed by atoms with Gasteiger partial charge in [0.25, 0.3) is 0 Å². The molecule has 0 radical (unpaired) electrons. The van der Waals surface area contributed by atoms with Crippen molar-refractivity contribution in [3.63, 3.8) is 0 Å². The Hall–Kier alpha value is -0.120. The second kappa shape index (κ2) is 8.04. The molecule has 0 bridgehead atoms. The van der Waals surface area contributed by atoms with Crippen molar-refractivity contribution in [2.45, 2.75) is 32.1 Å². The number of nitrogens with zero attached hydrogens (tertiary/aromatic N) is 2. The van der Waals surface area contributed by atoms with E-state index in [0.29, 0.717) is 6.61 Å². The first kappa shape index (κ1) is 13.9. The number of piperidine rings is 1. The summed E-state index contributed by atoms with van der Waals surface area (Å²) < 4.78 is 0. The average Bonchev–Trinajstić information content (AvgIpc) is 2.27. The maximum atomic E-state index is 8.79. The van der Waals surface area contributed by atoms with E-state index in [1.54, 1.807) is 0 Å². The summed E-state index contributed by atoms with van der Waals surface area (Å²) in [6, 6.07) is 0. The van der Waals surface area contributed by atoms with E-state index in [4.69, 9.17) is 5.11 Å². The van der Waals surface area contributed by atoms with Crippen LogP contribution < -0.4 is 0 Å². The third-order valence-corrected chi connectivity index (χ3v) is 3.56. The van der Waals surface area contributed by atoms with Gasteiger partial charge in [0, 0.05) is 13.2 Å². The number of aliphatic hydroxyl groups excluding tert-OH is 1. The molecule has 0 atom stereocenters. The largest absolute Gasteiger partial charge is 0.396 e. The van der Waals surface area contributed by atoms with Crippen molar-refractivity contribution in [1.82, 2.24) is 9.80 Å². The quantitative estimate of drug-likeness (QED) is 0.714. The van der Waals surface area contributed by atoms with Gasteiger partial charge >= 0.3 is 0 Å². The van der Waals surface area contributed by atoms with E-state index < -0.39 is 0 Å². The summed E-state index contributed by atoms with van der Waals surface area (Å²) in [5.41, 5.74) is 0. The number of hydrogen-bond acceptors (Lipinski definition) is 3. The molecular formula is C13H28N2O. The normalized spacial score (nSPS) is 19.5. The highest BCUT2D eigenvalue weighted by Gasteiger charge is 2.18. The van der Waals surface area contributed by atoms with Gasteiger partial charge in [-0.1, -0.05) is 0 Å². The molecule has 0 aromatic heterocycles. The van der Waals surface area contributed by atoms with Crippen LogP contribution in [0, 0.1) is 5.92 Å². The Morgan fingerprint density at radius 2 is 1.88 bits per heavy atom. The molecule has 0 saturated carbocycles. The van der Waals surface area contributed by atoms with Gasteiger partial charge in [-0.25, -0.2) is 0 Å². The lowest BCUT2D eigenvalue weighted by atomic mass is 9.92. The van der Waals surface area contributed by atoms with Gasteiger partial charge in [0.1, 0.15) is 0 Å². The summed E-state index contributed by atoms with van der Waals surface area (Å²) >= 11 is 0. The molecule has 0 aromatic rings. The summed E-state index contributed by atoms with van der Waals surface area (Å²) in [6.45, 7) is 5.13. The average molecular weight is 228 g/mol. The minimum atomic E-state index is 0.336. The molecule has 1 N–H and O–H groups in total. The van der Waals surface area contributed by atoms with Crippen molar-refractivity contribution in [1.29, 1.82) is 0 Å². The van der Waals surface area contributed by atoms with Gasteiger partial charge in [0.05, 0.1) is 0 Å². The van der Waals surface area contributed by atoms with E-state index in [1.807, 2.05) is 0 Å². The standard InChI is InChI=1S/C13H28N2O/c1-14(2)8-3-5-13-6-10-15(11-7-13)9-4-12-16/h13,16H,3-12H2,1-2H3. The Morgan fingerprint density at radius 3 is 2.44 bits per heavy atom. The second-order valence-electron chi connectivity index (χ2n) is 5.31. The van der Waals surface area contributed by atoms with E-state index in [1.165, 1.54) is 45.3 Å². The molecule has 3 heteroatoms. The Bertz CT molecular complexity index is 165. The lowest BCUT2D eigenvalue weighted by Gasteiger charge is -2.32. The first-order valence-electron chi connectivity index (χ1n) is 6.70. The van der Waals surface area contributed by atoms with Crippen LogP contribution in [0.25, 0.3) is 0 Å². The fraction of sp³-hybridized carbons (Fsp3) is 1.00. The number of aliphatic hydroxyl groups is 1. The lowest BCUT2D eigenvalue weighted by Crippen LogP contribution is -2.34. The fourth-order valence-electron chi connectivity index (χ4n) is 2.49. The summed E-state index contributed by atoms with van der Waals surface area (Å²) in [6.07, 6.45) is 6.39. The monoisotopic (exact) mass is 228 g/mol. The zero-order valence-corrected chi connectivity index (χ0v) is 11.0. The van der Waals surface area contributed by atoms with E-state index in [2.05, 4.69) is 23.9 Å². The van der Waals surface area contributed by atoms with Crippen molar-refractivity contribution in [3.8, 4) is 0 Å². The van der Waals surface area contributed by atoms with Crippen molar-refractivity contribution >= 4 is 0 Å². The minimum Gasteiger partial charge on any atom is -0.396 e. The predicted molar refractivity (Wildman–Crippen MR) is 68.7 cm³/mol. The van der Waals surface area contributed by atoms with E-state index in [-0.39, 0.29) is 0 Å². The molecule has 1 rings (SSSR count). The van der Waals surface area contributed by atoms with E-state index in [9.17, 15) is 0 Å². The molecule has 0 unspecified atom stereocenters. The molecule has 3 nitrogen and oxygen atoms in total. The maximum absolute atomic E-state index is 8.79. The van der Waals surface area contributed by atoms with Crippen molar-refractivity contribution < 1.29 is 5.11 Å². The zero-order chi connectivity index (χ0) is 11.8. The van der Waals surface area contributed by atoms with Gasteiger partial charge in [0.15, 0.2) is 0 Å². The van der Waals surface area contributed by atoms with Crippen LogP contribution in [0.1, 0.15) is 32.1 Å². The number of hydrogen-bond donors (Lipinski definition) is 1. The Kier molecular flexibility index (Phi) is 7.01. The molecule has 0 aliphatic carbocycles. The minimum absolute atomic E-state index is 0.336. The van der Waals surface area contributed by atoms with Crippen molar-refractivity contribution in [2.75, 3.05) is 46.9 Å². The molecule has 1 aliphatic heterocycles. The summed E-state index contributed by atoms with van der Waals surface area (Å²) in [7, 11) is 4.30. The zero-order valence-electron chi connectivity index (χ0n) is 11.0. The van der Waals surface area contributed by atoms with Gasteiger partial charge in [0.2, 0.25) is 0 Å². The number of rotatable bonds is 7. The van der Waals surface area contributed by atoms with Crippen LogP contribution in [0.4, 0.5) is 0 Å². The topological polar surface area (TPSA) is 26.7 Å². The highest BCUT2D eigenvalue weighted by molar-refractivity contribution is 4.72. The van der Waals surface area contributed by atoms with Crippen LogP contribution in [-0.2, 0) is 0 Å². The van der Waals surface area contributed by atoms with Gasteiger partial charge in [-0.05, 0) is 71.8 Å². The Morgan fingerprint density at radius 1 is 1.19 bits per heavy atom. The van der Waals surface area contributed by atoms with E-state index >= 15 is 0 Å². The lowest BCUT2D eigenvalue weighted by molar-refractivity contribution is 0.160. The SMILES string of the molecule is CN(C)CCCC1CCN(CCCO)CC1. The second-order valence-corrected chi connectivity index (χ2v) is 5.31. The molecular weight excluding hydrogens is 200 g/mol. The van der Waals surface area contributed by atoms with Crippen molar-refractivity contribution in [3.05, 3.63) is 0 Å². The molecule has 1 heterocycles. The molecule has 0 aromatic carbocycles. The highest BCUT2D eigenvalue weighted by atomic mass is 16.3. The summed E-state index contributed by atoms with van der Waals surface area (Å²) in [5.74, 6) is 0.949. The van der Waals surface area contributed by atoms with Gasteiger partial charge < -0.3 is 14.9 Å². The third kappa shape index (κ3) is 5.83. The van der Waals surface area contributed by atoms with Crippen LogP contribution in [-0.4, -0.2) is 61.8 Å². The third-order valence-electron chi connectivity index (χ3n) is 3.56. The summed E-state index contributed by atoms with van der Waals surface area (Å²) in [5, 5.41) is 8.79. The molecule has 1 fully saturated rings. The molecule has 1 aliphatic rings. The van der Waals surface area contributed by atoms with Crippen LogP contribution in [0.2, 0.25) is 0 Å². The Balaban J connectivity index is 2.03. The van der Waals surface area contributed by atoms with Crippen LogP contribution in [0.15, 0.2) is 0 Å². The van der Waals surface area contributed by atoms with Crippen molar-refractivity contribution in [2.24, 2.45) is 5.92 Å². The molecule has 16 heavy (non-hydrogen) atoms. The first-order valence-corrected chi connectivity index (χ1v) is 6.70. The summed E-state index contributed by atoms with van der Waals surface area (Å²) in [4.78, 5) is 4.77. The molecule has 96 valence electrons. The van der Waals surface area contributed by atoms with Crippen LogP contribution in [0.3, 0.4) is 0 Å². The van der Waals surface area contributed by atoms with Gasteiger partial charge in [-0.3, -0.25) is 0 Å². The number of likely N-dealkylation sites (tertiary alicyclic amines) is 1.